The monoisotopic (exact) mass is 225 g/mol. The van der Waals surface area contributed by atoms with Gasteiger partial charge in [0.25, 0.3) is 0 Å². The maximum absolute atomic E-state index is 11.5. The lowest BCUT2D eigenvalue weighted by Gasteiger charge is -2.29. The fraction of sp³-hybridized carbons (Fsp3) is 1.00. The minimum Gasteiger partial charge on any atom is -0.212 e. The second-order valence-electron chi connectivity index (χ2n) is 3.59. The Labute approximate surface area is 85.1 Å². The summed E-state index contributed by atoms with van der Waals surface area (Å²) in [6.45, 7) is 3.49. The van der Waals surface area contributed by atoms with Gasteiger partial charge in [0.15, 0.2) is 0 Å². The second-order valence-corrected chi connectivity index (χ2v) is 6.05. The number of rotatable bonds is 3. The van der Waals surface area contributed by atoms with Crippen molar-refractivity contribution in [2.75, 3.05) is 24.7 Å². The van der Waals surface area contributed by atoms with Crippen LogP contribution in [0.15, 0.2) is 0 Å². The Hall–Kier alpha value is 0.200. The Morgan fingerprint density at radius 2 is 1.92 bits per heavy atom. The number of alkyl halides is 1. The predicted octanol–water partition coefficient (Wildman–Crippen LogP) is 1.29. The molecule has 1 fully saturated rings. The lowest BCUT2D eigenvalue weighted by molar-refractivity contribution is 0.288. The first-order valence-corrected chi connectivity index (χ1v) is 6.74. The van der Waals surface area contributed by atoms with Crippen LogP contribution in [0.1, 0.15) is 19.8 Å². The maximum Gasteiger partial charge on any atom is 0.215 e. The Morgan fingerprint density at radius 1 is 1.38 bits per heavy atom. The Balaban J connectivity index is 2.53. The summed E-state index contributed by atoms with van der Waals surface area (Å²) in [7, 11) is -3.06. The largest absolute Gasteiger partial charge is 0.215 e. The summed E-state index contributed by atoms with van der Waals surface area (Å²) in [6.07, 6.45) is 1.95. The van der Waals surface area contributed by atoms with Gasteiger partial charge in [-0.1, -0.05) is 6.92 Å². The molecule has 0 amide bonds. The molecule has 0 atom stereocenters. The van der Waals surface area contributed by atoms with E-state index in [1.807, 2.05) is 0 Å². The summed E-state index contributed by atoms with van der Waals surface area (Å²) >= 11 is 5.43. The van der Waals surface area contributed by atoms with E-state index >= 15 is 0 Å². The summed E-state index contributed by atoms with van der Waals surface area (Å²) < 4.78 is 24.6. The van der Waals surface area contributed by atoms with E-state index in [9.17, 15) is 8.42 Å². The fourth-order valence-corrected chi connectivity index (χ4v) is 3.30. The van der Waals surface area contributed by atoms with E-state index in [1.165, 1.54) is 0 Å². The third-order valence-corrected chi connectivity index (χ3v) is 4.76. The van der Waals surface area contributed by atoms with Gasteiger partial charge in [-0.3, -0.25) is 0 Å². The van der Waals surface area contributed by atoms with Crippen LogP contribution in [0.3, 0.4) is 0 Å². The smallest absolute Gasteiger partial charge is 0.212 e. The molecule has 5 heteroatoms. The molecule has 0 saturated carbocycles. The zero-order valence-corrected chi connectivity index (χ0v) is 9.44. The lowest BCUT2D eigenvalue weighted by Crippen LogP contribution is -2.39. The van der Waals surface area contributed by atoms with Crippen LogP contribution in [0.25, 0.3) is 0 Å². The zero-order chi connectivity index (χ0) is 9.90. The van der Waals surface area contributed by atoms with E-state index in [4.69, 9.17) is 11.6 Å². The standard InChI is InChI=1S/C8H16ClNO2S/c1-8-2-5-10(6-3-8)13(11,12)7-4-9/h8H,2-7H2,1H3. The number of piperidine rings is 1. The van der Waals surface area contributed by atoms with Gasteiger partial charge in [0.2, 0.25) is 10.0 Å². The van der Waals surface area contributed by atoms with Crippen molar-refractivity contribution < 1.29 is 8.42 Å². The minimum atomic E-state index is -3.06. The molecule has 0 unspecified atom stereocenters. The van der Waals surface area contributed by atoms with Crippen LogP contribution in [0.4, 0.5) is 0 Å². The number of hydrogen-bond donors (Lipinski definition) is 0. The highest BCUT2D eigenvalue weighted by Gasteiger charge is 2.25. The highest BCUT2D eigenvalue weighted by molar-refractivity contribution is 7.89. The van der Waals surface area contributed by atoms with Gasteiger partial charge in [0.1, 0.15) is 0 Å². The number of sulfonamides is 1. The van der Waals surface area contributed by atoms with Crippen molar-refractivity contribution in [3.8, 4) is 0 Å². The summed E-state index contributed by atoms with van der Waals surface area (Å²) in [6, 6.07) is 0. The van der Waals surface area contributed by atoms with E-state index in [-0.39, 0.29) is 11.6 Å². The summed E-state index contributed by atoms with van der Waals surface area (Å²) in [5.41, 5.74) is 0. The molecule has 0 aliphatic carbocycles. The molecule has 1 rings (SSSR count). The molecule has 0 radical (unpaired) electrons. The van der Waals surface area contributed by atoms with E-state index in [1.54, 1.807) is 4.31 Å². The molecule has 0 spiro atoms. The number of hydrogen-bond acceptors (Lipinski definition) is 2. The van der Waals surface area contributed by atoms with E-state index in [0.717, 1.165) is 12.8 Å². The van der Waals surface area contributed by atoms with Gasteiger partial charge in [-0.25, -0.2) is 12.7 Å². The second kappa shape index (κ2) is 4.62. The van der Waals surface area contributed by atoms with Crippen molar-refractivity contribution in [2.45, 2.75) is 19.8 Å². The van der Waals surface area contributed by atoms with Gasteiger partial charge < -0.3 is 0 Å². The number of nitrogens with zero attached hydrogens (tertiary/aromatic N) is 1. The topological polar surface area (TPSA) is 37.4 Å². The highest BCUT2D eigenvalue weighted by atomic mass is 35.5. The van der Waals surface area contributed by atoms with Gasteiger partial charge in [-0.2, -0.15) is 0 Å². The Morgan fingerprint density at radius 3 is 2.38 bits per heavy atom. The molecule has 13 heavy (non-hydrogen) atoms. The highest BCUT2D eigenvalue weighted by Crippen LogP contribution is 2.18. The predicted molar refractivity (Wildman–Crippen MR) is 54.5 cm³/mol. The summed E-state index contributed by atoms with van der Waals surface area (Å²) in [5.74, 6) is 0.916. The first kappa shape index (κ1) is 11.3. The molecular formula is C8H16ClNO2S. The van der Waals surface area contributed by atoms with E-state index < -0.39 is 10.0 Å². The van der Waals surface area contributed by atoms with Crippen molar-refractivity contribution in [3.63, 3.8) is 0 Å². The third-order valence-electron chi connectivity index (χ3n) is 2.47. The molecule has 1 saturated heterocycles. The van der Waals surface area contributed by atoms with Crippen LogP contribution in [-0.2, 0) is 10.0 Å². The molecule has 78 valence electrons. The van der Waals surface area contributed by atoms with Crippen LogP contribution in [0.2, 0.25) is 0 Å². The molecule has 3 nitrogen and oxygen atoms in total. The average molecular weight is 226 g/mol. The van der Waals surface area contributed by atoms with Crippen molar-refractivity contribution in [1.82, 2.24) is 4.31 Å². The van der Waals surface area contributed by atoms with Gasteiger partial charge in [-0.15, -0.1) is 11.6 Å². The molecule has 0 aromatic carbocycles. The summed E-state index contributed by atoms with van der Waals surface area (Å²) in [4.78, 5) is 0. The normalized spacial score (nSPS) is 22.0. The van der Waals surface area contributed by atoms with Gasteiger partial charge in [0, 0.05) is 19.0 Å². The van der Waals surface area contributed by atoms with E-state index in [2.05, 4.69) is 6.92 Å². The quantitative estimate of drug-likeness (QED) is 0.679. The van der Waals surface area contributed by atoms with Crippen LogP contribution < -0.4 is 0 Å². The fourth-order valence-electron chi connectivity index (χ4n) is 1.49. The van der Waals surface area contributed by atoms with Crippen LogP contribution in [-0.4, -0.2) is 37.4 Å². The van der Waals surface area contributed by atoms with Gasteiger partial charge in [-0.05, 0) is 18.8 Å². The minimum absolute atomic E-state index is 0.0724. The van der Waals surface area contributed by atoms with Crippen molar-refractivity contribution in [2.24, 2.45) is 5.92 Å². The van der Waals surface area contributed by atoms with Crippen LogP contribution in [0, 0.1) is 5.92 Å². The van der Waals surface area contributed by atoms with Crippen molar-refractivity contribution >= 4 is 21.6 Å². The molecule has 1 heterocycles. The zero-order valence-electron chi connectivity index (χ0n) is 7.87. The van der Waals surface area contributed by atoms with Crippen LogP contribution in [0.5, 0.6) is 0 Å². The van der Waals surface area contributed by atoms with Crippen molar-refractivity contribution in [1.29, 1.82) is 0 Å². The van der Waals surface area contributed by atoms with E-state index in [0.29, 0.717) is 19.0 Å². The Kier molecular flexibility index (Phi) is 4.01. The molecule has 0 N–H and O–H groups in total. The van der Waals surface area contributed by atoms with Gasteiger partial charge in [0.05, 0.1) is 5.75 Å². The third kappa shape index (κ3) is 3.11. The molecular weight excluding hydrogens is 210 g/mol. The first-order valence-electron chi connectivity index (χ1n) is 4.60. The van der Waals surface area contributed by atoms with Crippen molar-refractivity contribution in [3.05, 3.63) is 0 Å². The Bertz CT molecular complexity index is 245. The first-order chi connectivity index (χ1) is 6.06. The maximum atomic E-state index is 11.5. The summed E-state index contributed by atoms with van der Waals surface area (Å²) in [5, 5.41) is 0. The number of halogens is 1. The molecule has 0 aromatic rings. The lowest BCUT2D eigenvalue weighted by atomic mass is 10.0. The average Bonchev–Trinajstić information content (AvgIpc) is 2.05. The SMILES string of the molecule is CC1CCN(S(=O)(=O)CCCl)CC1. The molecule has 0 bridgehead atoms. The van der Waals surface area contributed by atoms with Crippen LogP contribution >= 0.6 is 11.6 Å². The molecule has 0 aromatic heterocycles. The molecule has 1 aliphatic rings. The van der Waals surface area contributed by atoms with Gasteiger partial charge >= 0.3 is 0 Å². The molecule has 1 aliphatic heterocycles.